The van der Waals surface area contributed by atoms with Gasteiger partial charge in [0.2, 0.25) is 0 Å². The Labute approximate surface area is 192 Å². The monoisotopic (exact) mass is 461 g/mol. The maximum absolute atomic E-state index is 13.4. The van der Waals surface area contributed by atoms with Gasteiger partial charge in [-0.15, -0.1) is 0 Å². The summed E-state index contributed by atoms with van der Waals surface area (Å²) >= 11 is 3.94. The van der Waals surface area contributed by atoms with E-state index in [-0.39, 0.29) is 11.3 Å². The van der Waals surface area contributed by atoms with E-state index in [4.69, 9.17) is 11.6 Å². The molecule has 1 heterocycles. The molecule has 160 valence electrons. The molecule has 1 atom stereocenters. The Kier molecular flexibility index (Phi) is 6.75. The molecule has 5 nitrogen and oxygen atoms in total. The zero-order valence-corrected chi connectivity index (χ0v) is 18.4. The highest BCUT2D eigenvalue weighted by molar-refractivity contribution is 7.78. The number of halogens is 1. The average molecular weight is 462 g/mol. The van der Waals surface area contributed by atoms with Crippen LogP contribution in [-0.2, 0) is 16.8 Å². The Morgan fingerprint density at radius 2 is 1.72 bits per heavy atom. The first-order chi connectivity index (χ1) is 15.5. The quantitative estimate of drug-likeness (QED) is 0.374. The van der Waals surface area contributed by atoms with E-state index < -0.39 is 11.1 Å². The van der Waals surface area contributed by atoms with Gasteiger partial charge < -0.3 is 4.55 Å². The van der Waals surface area contributed by atoms with Crippen LogP contribution < -0.4 is 5.56 Å². The molecule has 0 spiro atoms. The van der Waals surface area contributed by atoms with Crippen molar-refractivity contribution in [3.05, 3.63) is 117 Å². The Morgan fingerprint density at radius 3 is 2.41 bits per heavy atom. The highest BCUT2D eigenvalue weighted by atomic mass is 35.5. The van der Waals surface area contributed by atoms with Crippen molar-refractivity contribution in [1.29, 1.82) is 0 Å². The van der Waals surface area contributed by atoms with Crippen molar-refractivity contribution < 1.29 is 8.76 Å². The van der Waals surface area contributed by atoms with Gasteiger partial charge in [-0.05, 0) is 41.0 Å². The predicted octanol–water partition coefficient (Wildman–Crippen LogP) is 5.10. The molecule has 4 rings (SSSR count). The van der Waals surface area contributed by atoms with Crippen LogP contribution in [0.4, 0.5) is 0 Å². The van der Waals surface area contributed by atoms with Crippen molar-refractivity contribution in [1.82, 2.24) is 9.78 Å². The summed E-state index contributed by atoms with van der Waals surface area (Å²) in [6.45, 7) is 0. The number of aromatic nitrogens is 2. The van der Waals surface area contributed by atoms with E-state index >= 15 is 0 Å². The van der Waals surface area contributed by atoms with Crippen molar-refractivity contribution in [3.63, 3.8) is 0 Å². The van der Waals surface area contributed by atoms with E-state index in [1.807, 2.05) is 36.4 Å². The SMILES string of the molecule is O=c1c(C=Cc2ccccc2)c(-c2ccc(CS(=O)[O-])cc2)cnn1-c1cccc(Cl)c1. The summed E-state index contributed by atoms with van der Waals surface area (Å²) in [5.74, 6) is -0.0599. The highest BCUT2D eigenvalue weighted by Crippen LogP contribution is 2.24. The van der Waals surface area contributed by atoms with E-state index in [1.165, 1.54) is 4.68 Å². The van der Waals surface area contributed by atoms with E-state index in [2.05, 4.69) is 5.10 Å². The summed E-state index contributed by atoms with van der Waals surface area (Å²) in [6.07, 6.45) is 5.28. The summed E-state index contributed by atoms with van der Waals surface area (Å²) in [5.41, 5.74) is 3.78. The first-order valence-electron chi connectivity index (χ1n) is 9.78. The molecule has 0 bridgehead atoms. The van der Waals surface area contributed by atoms with Gasteiger partial charge in [-0.2, -0.15) is 9.78 Å². The molecule has 0 fully saturated rings. The molecule has 0 aliphatic rings. The van der Waals surface area contributed by atoms with Crippen molar-refractivity contribution in [2.24, 2.45) is 0 Å². The molecule has 7 heteroatoms. The van der Waals surface area contributed by atoms with E-state index in [1.54, 1.807) is 60.8 Å². The number of nitrogens with zero attached hydrogens (tertiary/aromatic N) is 2. The Bertz CT molecular complexity index is 1350. The second-order valence-electron chi connectivity index (χ2n) is 7.06. The molecule has 0 saturated carbocycles. The lowest BCUT2D eigenvalue weighted by Crippen LogP contribution is -2.23. The predicted molar refractivity (Wildman–Crippen MR) is 128 cm³/mol. The van der Waals surface area contributed by atoms with Crippen LogP contribution in [-0.4, -0.2) is 18.5 Å². The number of benzene rings is 3. The smallest absolute Gasteiger partial charge is 0.279 e. The zero-order valence-electron chi connectivity index (χ0n) is 16.9. The summed E-state index contributed by atoms with van der Waals surface area (Å²) in [5, 5.41) is 4.87. The largest absolute Gasteiger partial charge is 0.772 e. The average Bonchev–Trinajstić information content (AvgIpc) is 2.79. The van der Waals surface area contributed by atoms with Crippen LogP contribution in [0.3, 0.4) is 0 Å². The summed E-state index contributed by atoms with van der Waals surface area (Å²) in [4.78, 5) is 13.4. The summed E-state index contributed by atoms with van der Waals surface area (Å²) in [6, 6.07) is 23.7. The number of hydrogen-bond donors (Lipinski definition) is 0. The van der Waals surface area contributed by atoms with Crippen LogP contribution in [0.15, 0.2) is 89.9 Å². The van der Waals surface area contributed by atoms with Crippen LogP contribution in [0.5, 0.6) is 0 Å². The minimum atomic E-state index is -2.16. The van der Waals surface area contributed by atoms with Crippen LogP contribution in [0.1, 0.15) is 16.7 Å². The summed E-state index contributed by atoms with van der Waals surface area (Å²) < 4.78 is 23.2. The molecule has 0 N–H and O–H groups in total. The topological polar surface area (TPSA) is 75.0 Å². The lowest BCUT2D eigenvalue weighted by atomic mass is 10.0. The Balaban J connectivity index is 1.84. The molecule has 0 aliphatic carbocycles. The molecule has 32 heavy (non-hydrogen) atoms. The lowest BCUT2D eigenvalue weighted by molar-refractivity contribution is 0.536. The van der Waals surface area contributed by atoms with Crippen molar-refractivity contribution in [3.8, 4) is 16.8 Å². The second-order valence-corrected chi connectivity index (χ2v) is 8.39. The van der Waals surface area contributed by atoms with Crippen LogP contribution in [0.25, 0.3) is 29.0 Å². The van der Waals surface area contributed by atoms with Crippen molar-refractivity contribution in [2.45, 2.75) is 5.75 Å². The van der Waals surface area contributed by atoms with Gasteiger partial charge >= 0.3 is 0 Å². The molecule has 4 aromatic rings. The molecule has 0 saturated heterocycles. The van der Waals surface area contributed by atoms with Crippen molar-refractivity contribution >= 4 is 34.8 Å². The molecule has 3 aromatic carbocycles. The molecule has 0 aliphatic heterocycles. The minimum Gasteiger partial charge on any atom is -0.772 e. The van der Waals surface area contributed by atoms with Crippen LogP contribution in [0, 0.1) is 0 Å². The fourth-order valence-electron chi connectivity index (χ4n) is 3.31. The van der Waals surface area contributed by atoms with Crippen molar-refractivity contribution in [2.75, 3.05) is 0 Å². The maximum Gasteiger partial charge on any atom is 0.279 e. The fraction of sp³-hybridized carbons (Fsp3) is 0.0400. The molecular formula is C25H18ClN2O3S-. The highest BCUT2D eigenvalue weighted by Gasteiger charge is 2.13. The van der Waals surface area contributed by atoms with Gasteiger partial charge in [-0.1, -0.05) is 89.4 Å². The number of rotatable bonds is 6. The third-order valence-electron chi connectivity index (χ3n) is 4.86. The normalized spacial score (nSPS) is 12.2. The van der Waals surface area contributed by atoms with Gasteiger partial charge in [0.25, 0.3) is 5.56 Å². The Morgan fingerprint density at radius 1 is 0.969 bits per heavy atom. The van der Waals surface area contributed by atoms with Crippen LogP contribution >= 0.6 is 11.6 Å². The van der Waals surface area contributed by atoms with Gasteiger partial charge in [0.1, 0.15) is 0 Å². The zero-order chi connectivity index (χ0) is 22.5. The second kappa shape index (κ2) is 9.87. The van der Waals surface area contributed by atoms with Crippen LogP contribution in [0.2, 0.25) is 5.02 Å². The maximum atomic E-state index is 13.4. The Hall–Kier alpha value is -3.32. The third kappa shape index (κ3) is 5.11. The molecule has 0 amide bonds. The van der Waals surface area contributed by atoms with Gasteiger partial charge in [0.15, 0.2) is 0 Å². The van der Waals surface area contributed by atoms with E-state index in [9.17, 15) is 13.6 Å². The molecule has 0 radical (unpaired) electrons. The summed E-state index contributed by atoms with van der Waals surface area (Å²) in [7, 11) is 0. The van der Waals surface area contributed by atoms with Gasteiger partial charge in [0, 0.05) is 16.3 Å². The van der Waals surface area contributed by atoms with Gasteiger partial charge in [-0.25, -0.2) is 0 Å². The first kappa shape index (κ1) is 21.9. The van der Waals surface area contributed by atoms with Gasteiger partial charge in [0.05, 0.1) is 17.4 Å². The lowest BCUT2D eigenvalue weighted by Gasteiger charge is -2.11. The van der Waals surface area contributed by atoms with Gasteiger partial charge in [-0.3, -0.25) is 9.00 Å². The molecule has 1 aromatic heterocycles. The fourth-order valence-corrected chi connectivity index (χ4v) is 3.96. The van der Waals surface area contributed by atoms with E-state index in [0.29, 0.717) is 27.4 Å². The first-order valence-corrected chi connectivity index (χ1v) is 11.4. The molecule has 1 unspecified atom stereocenters. The standard InChI is InChI=1S/C25H19ClN2O3S/c26-21-7-4-8-22(15-21)28-25(29)23(14-11-18-5-2-1-3-6-18)24(16-27-28)20-12-9-19(10-13-20)17-32(30)31/h1-16H,17H2,(H,30,31)/p-1. The van der Waals surface area contributed by atoms with E-state index in [0.717, 1.165) is 11.1 Å². The third-order valence-corrected chi connectivity index (χ3v) is 5.66. The molecular weight excluding hydrogens is 444 g/mol. The minimum absolute atomic E-state index is 0.0599. The number of hydrogen-bond acceptors (Lipinski definition) is 4.